The molecule has 1 N–H and O–H groups in total. The van der Waals surface area contributed by atoms with Crippen LogP contribution < -0.4 is 5.32 Å². The van der Waals surface area contributed by atoms with Gasteiger partial charge >= 0.3 is 0 Å². The summed E-state index contributed by atoms with van der Waals surface area (Å²) in [6.07, 6.45) is 1.65. The minimum Gasteiger partial charge on any atom is -0.307 e. The van der Waals surface area contributed by atoms with Gasteiger partial charge < -0.3 is 5.32 Å². The Morgan fingerprint density at radius 3 is 2.36 bits per heavy atom. The Labute approximate surface area is 146 Å². The van der Waals surface area contributed by atoms with E-state index in [9.17, 15) is 4.79 Å². The number of hydrogen-bond donors (Lipinski definition) is 1. The lowest BCUT2D eigenvalue weighted by Gasteiger charge is -2.08. The molecule has 1 heterocycles. The Kier molecular flexibility index (Phi) is 3.97. The van der Waals surface area contributed by atoms with Crippen molar-refractivity contribution >= 4 is 22.5 Å². The summed E-state index contributed by atoms with van der Waals surface area (Å²) in [6.45, 7) is 0. The fourth-order valence-corrected chi connectivity index (χ4v) is 2.83. The summed E-state index contributed by atoms with van der Waals surface area (Å²) in [5, 5.41) is 5.20. The number of fused-ring (bicyclic) bond motifs is 1. The maximum absolute atomic E-state index is 12.5. The molecule has 1 amide bonds. The van der Waals surface area contributed by atoms with E-state index in [0.29, 0.717) is 11.4 Å². The topological polar surface area (TPSA) is 42.0 Å². The number of aromatic nitrogens is 1. The fourth-order valence-electron chi connectivity index (χ4n) is 2.83. The first-order valence-electron chi connectivity index (χ1n) is 8.11. The molecule has 0 saturated heterocycles. The summed E-state index contributed by atoms with van der Waals surface area (Å²) < 4.78 is 0. The van der Waals surface area contributed by atoms with Gasteiger partial charge in [0.2, 0.25) is 0 Å². The van der Waals surface area contributed by atoms with Crippen LogP contribution in [0.5, 0.6) is 0 Å². The van der Waals surface area contributed by atoms with E-state index in [1.807, 2.05) is 48.5 Å². The van der Waals surface area contributed by atoms with Gasteiger partial charge in [-0.15, -0.1) is 0 Å². The molecule has 0 spiro atoms. The predicted molar refractivity (Wildman–Crippen MR) is 102 cm³/mol. The van der Waals surface area contributed by atoms with E-state index in [0.717, 1.165) is 11.1 Å². The van der Waals surface area contributed by atoms with Crippen LogP contribution >= 0.6 is 0 Å². The minimum atomic E-state index is -0.165. The van der Waals surface area contributed by atoms with Gasteiger partial charge in [0.1, 0.15) is 5.82 Å². The molecule has 0 bridgehead atoms. The first-order chi connectivity index (χ1) is 12.3. The molecule has 0 unspecified atom stereocenters. The predicted octanol–water partition coefficient (Wildman–Crippen LogP) is 5.15. The summed E-state index contributed by atoms with van der Waals surface area (Å²) in [6, 6.07) is 27.6. The van der Waals surface area contributed by atoms with Crippen LogP contribution in [0, 0.1) is 0 Å². The van der Waals surface area contributed by atoms with Gasteiger partial charge in [0, 0.05) is 11.8 Å². The number of rotatable bonds is 3. The van der Waals surface area contributed by atoms with Crippen molar-refractivity contribution in [3.05, 3.63) is 96.7 Å². The van der Waals surface area contributed by atoms with Crippen LogP contribution in [0.15, 0.2) is 91.1 Å². The molecule has 0 aliphatic heterocycles. The Balaban J connectivity index is 1.65. The van der Waals surface area contributed by atoms with Crippen LogP contribution in [-0.2, 0) is 0 Å². The first-order valence-corrected chi connectivity index (χ1v) is 8.11. The average molecular weight is 324 g/mol. The molecule has 25 heavy (non-hydrogen) atoms. The third-order valence-electron chi connectivity index (χ3n) is 4.11. The van der Waals surface area contributed by atoms with E-state index < -0.39 is 0 Å². The third kappa shape index (κ3) is 3.26. The van der Waals surface area contributed by atoms with Crippen molar-refractivity contribution < 1.29 is 4.79 Å². The molecule has 0 saturated carbocycles. The van der Waals surface area contributed by atoms with E-state index in [-0.39, 0.29) is 5.91 Å². The third-order valence-corrected chi connectivity index (χ3v) is 4.11. The van der Waals surface area contributed by atoms with Crippen molar-refractivity contribution in [1.82, 2.24) is 4.98 Å². The molecule has 4 rings (SSSR count). The van der Waals surface area contributed by atoms with Crippen molar-refractivity contribution in [3.63, 3.8) is 0 Å². The molecule has 0 atom stereocenters. The van der Waals surface area contributed by atoms with Gasteiger partial charge in [-0.25, -0.2) is 4.98 Å². The van der Waals surface area contributed by atoms with Crippen molar-refractivity contribution in [2.75, 3.05) is 5.32 Å². The second kappa shape index (κ2) is 6.57. The molecule has 3 aromatic carbocycles. The number of nitrogens with zero attached hydrogens (tertiary/aromatic N) is 1. The molecule has 0 aliphatic carbocycles. The van der Waals surface area contributed by atoms with Gasteiger partial charge in [0.25, 0.3) is 5.91 Å². The fraction of sp³-hybridized carbons (Fsp3) is 0. The lowest BCUT2D eigenvalue weighted by molar-refractivity contribution is 0.102. The molecule has 0 aliphatic rings. The SMILES string of the molecule is O=C(Nc1ccccn1)c1cccc(-c2ccc3ccccc3c2)c1. The normalized spacial score (nSPS) is 10.6. The molecule has 1 aromatic heterocycles. The second-order valence-electron chi connectivity index (χ2n) is 5.81. The van der Waals surface area contributed by atoms with Crippen LogP contribution in [0.1, 0.15) is 10.4 Å². The molecule has 0 radical (unpaired) electrons. The van der Waals surface area contributed by atoms with Crippen LogP contribution in [-0.4, -0.2) is 10.9 Å². The van der Waals surface area contributed by atoms with Crippen molar-refractivity contribution in [2.45, 2.75) is 0 Å². The van der Waals surface area contributed by atoms with Crippen molar-refractivity contribution in [1.29, 1.82) is 0 Å². The van der Waals surface area contributed by atoms with E-state index in [2.05, 4.69) is 40.6 Å². The van der Waals surface area contributed by atoms with E-state index >= 15 is 0 Å². The van der Waals surface area contributed by atoms with Gasteiger partial charge in [-0.3, -0.25) is 4.79 Å². The summed E-state index contributed by atoms with van der Waals surface area (Å²) in [7, 11) is 0. The number of anilines is 1. The van der Waals surface area contributed by atoms with Crippen LogP contribution in [0.3, 0.4) is 0 Å². The largest absolute Gasteiger partial charge is 0.307 e. The lowest BCUT2D eigenvalue weighted by atomic mass is 9.99. The average Bonchev–Trinajstić information content (AvgIpc) is 2.68. The number of pyridine rings is 1. The Morgan fingerprint density at radius 2 is 1.52 bits per heavy atom. The second-order valence-corrected chi connectivity index (χ2v) is 5.81. The molecule has 3 heteroatoms. The van der Waals surface area contributed by atoms with Gasteiger partial charge in [-0.05, 0) is 52.2 Å². The number of amides is 1. The number of hydrogen-bond acceptors (Lipinski definition) is 2. The molecule has 120 valence electrons. The highest BCUT2D eigenvalue weighted by Gasteiger charge is 2.08. The van der Waals surface area contributed by atoms with E-state index in [1.165, 1.54) is 10.8 Å². The zero-order valence-corrected chi connectivity index (χ0v) is 13.5. The highest BCUT2D eigenvalue weighted by atomic mass is 16.1. The van der Waals surface area contributed by atoms with E-state index in [1.54, 1.807) is 12.3 Å². The van der Waals surface area contributed by atoms with Gasteiger partial charge in [0.05, 0.1) is 0 Å². The zero-order chi connectivity index (χ0) is 17.1. The molecule has 4 aromatic rings. The highest BCUT2D eigenvalue weighted by molar-refractivity contribution is 6.04. The van der Waals surface area contributed by atoms with Crippen molar-refractivity contribution in [3.8, 4) is 11.1 Å². The number of carbonyl (C=O) groups is 1. The monoisotopic (exact) mass is 324 g/mol. The summed E-state index contributed by atoms with van der Waals surface area (Å²) in [5.41, 5.74) is 2.71. The maximum atomic E-state index is 12.5. The lowest BCUT2D eigenvalue weighted by Crippen LogP contribution is -2.12. The Hall–Kier alpha value is -3.46. The van der Waals surface area contributed by atoms with Crippen LogP contribution in [0.4, 0.5) is 5.82 Å². The van der Waals surface area contributed by atoms with Gasteiger partial charge in [-0.2, -0.15) is 0 Å². The molecular weight excluding hydrogens is 308 g/mol. The minimum absolute atomic E-state index is 0.165. The van der Waals surface area contributed by atoms with Gasteiger partial charge in [-0.1, -0.05) is 54.6 Å². The Bertz CT molecular complexity index is 1040. The van der Waals surface area contributed by atoms with Crippen LogP contribution in [0.25, 0.3) is 21.9 Å². The summed E-state index contributed by atoms with van der Waals surface area (Å²) >= 11 is 0. The standard InChI is InChI=1S/C22H16N2O/c25-22(24-21-10-3-4-13-23-21)20-9-5-8-18(15-20)19-12-11-16-6-1-2-7-17(16)14-19/h1-15H,(H,23,24,25). The number of benzene rings is 3. The maximum Gasteiger partial charge on any atom is 0.256 e. The van der Waals surface area contributed by atoms with Gasteiger partial charge in [0.15, 0.2) is 0 Å². The number of carbonyl (C=O) groups excluding carboxylic acids is 1. The summed E-state index contributed by atoms with van der Waals surface area (Å²) in [4.78, 5) is 16.6. The summed E-state index contributed by atoms with van der Waals surface area (Å²) in [5.74, 6) is 0.380. The quantitative estimate of drug-likeness (QED) is 0.566. The first kappa shape index (κ1) is 15.1. The smallest absolute Gasteiger partial charge is 0.256 e. The zero-order valence-electron chi connectivity index (χ0n) is 13.5. The van der Waals surface area contributed by atoms with Crippen LogP contribution in [0.2, 0.25) is 0 Å². The molecular formula is C22H16N2O. The number of nitrogens with one attached hydrogen (secondary N) is 1. The Morgan fingerprint density at radius 1 is 0.720 bits per heavy atom. The molecule has 0 fully saturated rings. The van der Waals surface area contributed by atoms with Crippen molar-refractivity contribution in [2.24, 2.45) is 0 Å². The molecule has 3 nitrogen and oxygen atoms in total. The highest BCUT2D eigenvalue weighted by Crippen LogP contribution is 2.25. The van der Waals surface area contributed by atoms with E-state index in [4.69, 9.17) is 0 Å².